The molecule has 0 fully saturated rings. The van der Waals surface area contributed by atoms with Crippen molar-refractivity contribution < 1.29 is 42.9 Å². The fraction of sp³-hybridized carbons (Fsp3) is 0.608. The van der Waals surface area contributed by atoms with Gasteiger partial charge in [0.1, 0.15) is 13.2 Å². The Morgan fingerprint density at radius 1 is 0.361 bits per heavy atom. The molecule has 468 valence electrons. The normalized spacial score (nSPS) is 13.8. The summed E-state index contributed by atoms with van der Waals surface area (Å²) >= 11 is 0. The van der Waals surface area contributed by atoms with E-state index in [1.54, 1.807) is 0 Å². The fourth-order valence-corrected chi connectivity index (χ4v) is 8.35. The van der Waals surface area contributed by atoms with Crippen LogP contribution in [0.25, 0.3) is 0 Å². The van der Waals surface area contributed by atoms with Crippen molar-refractivity contribution in [3.8, 4) is 0 Å². The molecule has 0 aliphatic heterocycles. The lowest BCUT2D eigenvalue weighted by molar-refractivity contribution is -0.870. The van der Waals surface area contributed by atoms with Gasteiger partial charge in [-0.15, -0.1) is 0 Å². The predicted octanol–water partition coefficient (Wildman–Crippen LogP) is 20.1. The monoisotopic (exact) mass is 1150 g/mol. The van der Waals surface area contributed by atoms with Crippen molar-refractivity contribution in [2.24, 2.45) is 0 Å². The lowest BCUT2D eigenvalue weighted by atomic mass is 10.0. The Hall–Kier alpha value is -5.09. The third kappa shape index (κ3) is 64.3. The van der Waals surface area contributed by atoms with Gasteiger partial charge in [0.25, 0.3) is 6.29 Å². The summed E-state index contributed by atoms with van der Waals surface area (Å²) in [5.74, 6) is -2.05. The number of allylic oxidation sites excluding steroid dienone is 26. The Bertz CT molecular complexity index is 1920. The molecule has 0 saturated carbocycles. The van der Waals surface area contributed by atoms with Gasteiger partial charge in [0.05, 0.1) is 34.4 Å². The van der Waals surface area contributed by atoms with Crippen LogP contribution in [0.4, 0.5) is 0 Å². The van der Waals surface area contributed by atoms with Crippen LogP contribution in [0.3, 0.4) is 0 Å². The van der Waals surface area contributed by atoms with Gasteiger partial charge >= 0.3 is 17.9 Å². The van der Waals surface area contributed by atoms with Crippen LogP contribution >= 0.6 is 0 Å². The SMILES string of the molecule is CC/C=C\C/C=C\C/C=C\C/C=C\C/C=C\C/C=C\C/C=C\CCCCCCCC(=O)OC(COC(=O)CCCCCCCCCCCCCC/C=C\C/C=C\C/C=C\C/C=C\C/C=C\C/C=C\CC)COC(OCC[N+](C)(C)C)C(=O)O. The standard InChI is InChI=1S/C74H119NO8/c1-6-8-10-12-14-16-18-20-22-24-26-28-30-32-34-35-36-37-39-40-42-44-46-48-50-52-54-56-58-60-62-64-71(76)81-68-70(69-82-74(73(78)79)80-67-66-75(3,4)5)83-72(77)65-63-61-59-57-55-53-51-49-47-45-43-41-38-33-31-29-27-25-23-21-19-17-15-13-11-9-7-2/h8-11,14-17,20-23,26-29,32-34,36-38,43,45,49,51,70,74H,6-7,12-13,18-19,24-25,30-31,35,39-42,44,46-48,50,52-69H2,1-5H3/p+1/b10-8-,11-9-,16-14-,17-15-,22-20-,23-21-,28-26-,29-27-,34-32-,37-36-,38-33-,45-43-,51-49-. The van der Waals surface area contributed by atoms with Crippen molar-refractivity contribution in [3.05, 3.63) is 158 Å². The second-order valence-electron chi connectivity index (χ2n) is 22.3. The number of hydrogen-bond donors (Lipinski definition) is 1. The molecule has 83 heavy (non-hydrogen) atoms. The molecule has 9 heteroatoms. The van der Waals surface area contributed by atoms with Crippen LogP contribution < -0.4 is 0 Å². The van der Waals surface area contributed by atoms with Gasteiger partial charge < -0.3 is 28.5 Å². The Morgan fingerprint density at radius 3 is 0.964 bits per heavy atom. The minimum Gasteiger partial charge on any atom is -0.477 e. The molecule has 0 heterocycles. The highest BCUT2D eigenvalue weighted by atomic mass is 16.7. The van der Waals surface area contributed by atoms with E-state index in [9.17, 15) is 19.5 Å². The second-order valence-corrected chi connectivity index (χ2v) is 22.3. The lowest BCUT2D eigenvalue weighted by Gasteiger charge is -2.25. The molecule has 0 radical (unpaired) electrons. The average molecular weight is 1150 g/mol. The zero-order chi connectivity index (χ0) is 60.5. The van der Waals surface area contributed by atoms with Crippen LogP contribution in [-0.2, 0) is 33.3 Å². The van der Waals surface area contributed by atoms with E-state index in [0.717, 1.165) is 135 Å². The number of nitrogens with zero attached hydrogens (tertiary/aromatic N) is 1. The number of carboxylic acids is 1. The zero-order valence-electron chi connectivity index (χ0n) is 53.3. The van der Waals surface area contributed by atoms with Crippen molar-refractivity contribution in [2.75, 3.05) is 47.5 Å². The van der Waals surface area contributed by atoms with E-state index in [2.05, 4.69) is 172 Å². The summed E-state index contributed by atoms with van der Waals surface area (Å²) in [4.78, 5) is 37.6. The Kier molecular flexibility index (Phi) is 59.1. The highest BCUT2D eigenvalue weighted by Crippen LogP contribution is 2.15. The summed E-state index contributed by atoms with van der Waals surface area (Å²) in [5.41, 5.74) is 0. The smallest absolute Gasteiger partial charge is 0.361 e. The molecule has 2 unspecified atom stereocenters. The number of carbonyl (C=O) groups excluding carboxylic acids is 2. The highest BCUT2D eigenvalue weighted by molar-refractivity contribution is 5.71. The topological polar surface area (TPSA) is 108 Å². The van der Waals surface area contributed by atoms with Crippen LogP contribution in [0.1, 0.15) is 232 Å². The number of aliphatic carboxylic acids is 1. The van der Waals surface area contributed by atoms with Gasteiger partial charge in [0.2, 0.25) is 0 Å². The van der Waals surface area contributed by atoms with E-state index in [4.69, 9.17) is 18.9 Å². The van der Waals surface area contributed by atoms with Crippen LogP contribution in [0.15, 0.2) is 158 Å². The molecule has 0 saturated heterocycles. The lowest BCUT2D eigenvalue weighted by Crippen LogP contribution is -2.40. The molecule has 9 nitrogen and oxygen atoms in total. The van der Waals surface area contributed by atoms with Gasteiger partial charge in [0.15, 0.2) is 6.10 Å². The first-order valence-electron chi connectivity index (χ1n) is 32.6. The molecular formula is C74H120NO8+. The number of carboxylic acid groups (broad SMARTS) is 1. The van der Waals surface area contributed by atoms with Crippen molar-refractivity contribution >= 4 is 17.9 Å². The number of likely N-dealkylation sites (N-methyl/N-ethyl adjacent to an activating group) is 1. The fourth-order valence-electron chi connectivity index (χ4n) is 8.35. The number of hydrogen-bond acceptors (Lipinski definition) is 7. The molecule has 0 bridgehead atoms. The van der Waals surface area contributed by atoms with E-state index in [-0.39, 0.29) is 38.6 Å². The van der Waals surface area contributed by atoms with Crippen LogP contribution in [0, 0.1) is 0 Å². The van der Waals surface area contributed by atoms with E-state index < -0.39 is 24.3 Å². The maximum absolute atomic E-state index is 12.9. The first-order valence-corrected chi connectivity index (χ1v) is 32.6. The van der Waals surface area contributed by atoms with E-state index in [1.807, 2.05) is 21.1 Å². The molecule has 1 N–H and O–H groups in total. The molecule has 0 aromatic rings. The van der Waals surface area contributed by atoms with Crippen molar-refractivity contribution in [1.29, 1.82) is 0 Å². The van der Waals surface area contributed by atoms with Crippen LogP contribution in [0.2, 0.25) is 0 Å². The summed E-state index contributed by atoms with van der Waals surface area (Å²) in [6, 6.07) is 0. The quantitative estimate of drug-likeness (QED) is 0.0211. The highest BCUT2D eigenvalue weighted by Gasteiger charge is 2.25. The minimum atomic E-state index is -1.53. The molecule has 0 aliphatic rings. The van der Waals surface area contributed by atoms with Crippen LogP contribution in [-0.4, -0.2) is 87.4 Å². The molecular weight excluding hydrogens is 1030 g/mol. The molecule has 0 amide bonds. The zero-order valence-corrected chi connectivity index (χ0v) is 53.3. The number of quaternary nitrogens is 1. The number of esters is 2. The van der Waals surface area contributed by atoms with Gasteiger partial charge in [-0.25, -0.2) is 4.79 Å². The van der Waals surface area contributed by atoms with Crippen molar-refractivity contribution in [2.45, 2.75) is 245 Å². The first-order chi connectivity index (χ1) is 40.6. The number of carbonyl (C=O) groups is 3. The molecule has 0 spiro atoms. The molecule has 0 aromatic carbocycles. The molecule has 2 atom stereocenters. The van der Waals surface area contributed by atoms with Crippen LogP contribution in [0.5, 0.6) is 0 Å². The molecule has 0 aromatic heterocycles. The van der Waals surface area contributed by atoms with Crippen molar-refractivity contribution in [1.82, 2.24) is 0 Å². The summed E-state index contributed by atoms with van der Waals surface area (Å²) in [6.45, 7) is 4.61. The summed E-state index contributed by atoms with van der Waals surface area (Å²) in [6.07, 6.45) is 90.4. The van der Waals surface area contributed by atoms with Crippen molar-refractivity contribution in [3.63, 3.8) is 0 Å². The third-order valence-corrected chi connectivity index (χ3v) is 13.3. The summed E-state index contributed by atoms with van der Waals surface area (Å²) < 4.78 is 22.9. The summed E-state index contributed by atoms with van der Waals surface area (Å²) in [7, 11) is 5.95. The average Bonchev–Trinajstić information content (AvgIpc) is 3.46. The maximum Gasteiger partial charge on any atom is 0.361 e. The van der Waals surface area contributed by atoms with E-state index in [0.29, 0.717) is 17.4 Å². The van der Waals surface area contributed by atoms with Gasteiger partial charge in [-0.2, -0.15) is 0 Å². The minimum absolute atomic E-state index is 0.174. The summed E-state index contributed by atoms with van der Waals surface area (Å²) in [5, 5.41) is 9.73. The number of unbranched alkanes of at least 4 members (excludes halogenated alkanes) is 17. The first kappa shape index (κ1) is 77.9. The van der Waals surface area contributed by atoms with Gasteiger partial charge in [-0.3, -0.25) is 9.59 Å². The van der Waals surface area contributed by atoms with Gasteiger partial charge in [0, 0.05) is 12.8 Å². The Labute approximate surface area is 508 Å². The molecule has 0 rings (SSSR count). The van der Waals surface area contributed by atoms with E-state index in [1.165, 1.54) is 64.2 Å². The van der Waals surface area contributed by atoms with E-state index >= 15 is 0 Å². The third-order valence-electron chi connectivity index (χ3n) is 13.3. The maximum atomic E-state index is 12.9. The Morgan fingerprint density at radius 2 is 0.651 bits per heavy atom. The number of rotatable bonds is 58. The predicted molar refractivity (Wildman–Crippen MR) is 354 cm³/mol. The van der Waals surface area contributed by atoms with Gasteiger partial charge in [-0.1, -0.05) is 255 Å². The molecule has 0 aliphatic carbocycles. The largest absolute Gasteiger partial charge is 0.477 e. The Balaban J connectivity index is 4.26. The van der Waals surface area contributed by atoms with Gasteiger partial charge in [-0.05, 0) is 122 Å². The second kappa shape index (κ2) is 62.9. The number of ether oxygens (including phenoxy) is 4.